The Balaban J connectivity index is 2.00. The third-order valence-corrected chi connectivity index (χ3v) is 4.04. The first-order valence-corrected chi connectivity index (χ1v) is 8.50. The third-order valence-electron chi connectivity index (χ3n) is 4.04. The van der Waals surface area contributed by atoms with Crippen LogP contribution in [-0.2, 0) is 13.2 Å². The highest BCUT2D eigenvalue weighted by molar-refractivity contribution is 5.84. The van der Waals surface area contributed by atoms with Gasteiger partial charge in [0.25, 0.3) is 0 Å². The van der Waals surface area contributed by atoms with Crippen molar-refractivity contribution < 1.29 is 9.84 Å². The zero-order valence-corrected chi connectivity index (χ0v) is 15.2. The number of anilines is 2. The van der Waals surface area contributed by atoms with E-state index < -0.39 is 0 Å². The van der Waals surface area contributed by atoms with E-state index in [2.05, 4.69) is 34.1 Å². The van der Waals surface area contributed by atoms with Crippen LogP contribution in [0.4, 0.5) is 11.8 Å². The number of fused-ring (bicyclic) bond motifs is 1. The molecule has 0 saturated carbocycles. The van der Waals surface area contributed by atoms with Crippen molar-refractivity contribution in [3.8, 4) is 5.75 Å². The third kappa shape index (κ3) is 3.70. The zero-order chi connectivity index (χ0) is 18.7. The first kappa shape index (κ1) is 17.9. The molecule has 0 unspecified atom stereocenters. The number of rotatable bonds is 7. The molecule has 0 atom stereocenters. The summed E-state index contributed by atoms with van der Waals surface area (Å²) in [7, 11) is 1.62. The quantitative estimate of drug-likeness (QED) is 0.594. The van der Waals surface area contributed by atoms with Gasteiger partial charge in [0.15, 0.2) is 11.5 Å². The number of imidazole rings is 1. The monoisotopic (exact) mass is 356 g/mol. The number of ether oxygens (including phenoxy) is 1. The van der Waals surface area contributed by atoms with E-state index in [1.54, 1.807) is 13.4 Å². The highest BCUT2D eigenvalue weighted by Crippen LogP contribution is 2.26. The highest BCUT2D eigenvalue weighted by atomic mass is 16.5. The molecule has 0 aliphatic rings. The molecule has 0 fully saturated rings. The Kier molecular flexibility index (Phi) is 5.22. The minimum Gasteiger partial charge on any atom is -0.496 e. The first-order chi connectivity index (χ1) is 12.5. The second-order valence-electron chi connectivity index (χ2n) is 6.55. The number of hydrogen-bond acceptors (Lipinski definition) is 7. The van der Waals surface area contributed by atoms with E-state index in [4.69, 9.17) is 10.5 Å². The Bertz CT molecular complexity index is 906. The van der Waals surface area contributed by atoms with Crippen LogP contribution < -0.4 is 15.8 Å². The number of benzene rings is 1. The number of nitrogens with zero attached hydrogens (tertiary/aromatic N) is 4. The minimum absolute atomic E-state index is 0.0268. The summed E-state index contributed by atoms with van der Waals surface area (Å²) in [6, 6.07) is 5.65. The van der Waals surface area contributed by atoms with E-state index >= 15 is 0 Å². The Morgan fingerprint density at radius 1 is 1.31 bits per heavy atom. The molecule has 8 heteroatoms. The molecule has 4 N–H and O–H groups in total. The topological polar surface area (TPSA) is 111 Å². The van der Waals surface area contributed by atoms with E-state index in [9.17, 15) is 5.11 Å². The number of nitrogens with two attached hydrogens (primary N) is 1. The van der Waals surface area contributed by atoms with Crippen LogP contribution in [0.1, 0.15) is 25.0 Å². The largest absolute Gasteiger partial charge is 0.496 e. The maximum atomic E-state index is 9.31. The van der Waals surface area contributed by atoms with E-state index in [1.165, 1.54) is 0 Å². The molecule has 1 aromatic carbocycles. The lowest BCUT2D eigenvalue weighted by Crippen LogP contribution is -2.12. The molecular weight excluding hydrogens is 332 g/mol. The molecule has 2 heterocycles. The summed E-state index contributed by atoms with van der Waals surface area (Å²) in [6.07, 6.45) is 1.72. The fourth-order valence-corrected chi connectivity index (χ4v) is 2.74. The molecule has 0 bridgehead atoms. The van der Waals surface area contributed by atoms with Crippen molar-refractivity contribution in [3.05, 3.63) is 35.7 Å². The number of aliphatic hydroxyl groups excluding tert-OH is 1. The molecule has 0 spiro atoms. The SMILES string of the molecule is COc1cc(CO)ccc1Cn1cnc2nc(N)nc(NCC(C)C)c21. The smallest absolute Gasteiger partial charge is 0.224 e. The fourth-order valence-electron chi connectivity index (χ4n) is 2.74. The van der Waals surface area contributed by atoms with Gasteiger partial charge in [-0.25, -0.2) is 4.98 Å². The normalized spacial score (nSPS) is 11.3. The van der Waals surface area contributed by atoms with Crippen LogP contribution in [-0.4, -0.2) is 38.3 Å². The molecule has 3 rings (SSSR count). The molecule has 0 amide bonds. The van der Waals surface area contributed by atoms with Gasteiger partial charge in [0.2, 0.25) is 5.95 Å². The number of aliphatic hydroxyl groups is 1. The predicted molar refractivity (Wildman–Crippen MR) is 101 cm³/mol. The standard InChI is InChI=1S/C18H24N6O2/c1-11(2)7-20-16-15-17(23-18(19)22-16)21-10-24(15)8-13-5-4-12(9-25)6-14(13)26-3/h4-6,10-11,25H,7-9H2,1-3H3,(H3,19,20,22,23). The van der Waals surface area contributed by atoms with Gasteiger partial charge in [0.05, 0.1) is 26.6 Å². The van der Waals surface area contributed by atoms with Crippen LogP contribution in [0.15, 0.2) is 24.5 Å². The molecule has 138 valence electrons. The van der Waals surface area contributed by atoms with E-state index in [0.29, 0.717) is 29.7 Å². The van der Waals surface area contributed by atoms with Crippen LogP contribution in [0, 0.1) is 5.92 Å². The van der Waals surface area contributed by atoms with Gasteiger partial charge in [-0.1, -0.05) is 26.0 Å². The van der Waals surface area contributed by atoms with Crippen molar-refractivity contribution >= 4 is 22.9 Å². The van der Waals surface area contributed by atoms with Crippen LogP contribution in [0.3, 0.4) is 0 Å². The maximum Gasteiger partial charge on any atom is 0.224 e. The fraction of sp³-hybridized carbons (Fsp3) is 0.389. The van der Waals surface area contributed by atoms with Gasteiger partial charge in [-0.05, 0) is 17.5 Å². The van der Waals surface area contributed by atoms with Crippen LogP contribution in [0.2, 0.25) is 0 Å². The van der Waals surface area contributed by atoms with E-state index in [-0.39, 0.29) is 12.6 Å². The Hall–Kier alpha value is -2.87. The molecule has 8 nitrogen and oxygen atoms in total. The summed E-state index contributed by atoms with van der Waals surface area (Å²) in [5.41, 5.74) is 8.94. The van der Waals surface area contributed by atoms with Crippen LogP contribution >= 0.6 is 0 Å². The van der Waals surface area contributed by atoms with Crippen LogP contribution in [0.5, 0.6) is 5.75 Å². The summed E-state index contributed by atoms with van der Waals surface area (Å²) in [4.78, 5) is 12.9. The Morgan fingerprint density at radius 3 is 2.81 bits per heavy atom. The first-order valence-electron chi connectivity index (χ1n) is 8.50. The number of hydrogen-bond donors (Lipinski definition) is 3. The summed E-state index contributed by atoms with van der Waals surface area (Å²) >= 11 is 0. The lowest BCUT2D eigenvalue weighted by molar-refractivity contribution is 0.281. The number of nitrogen functional groups attached to an aromatic ring is 1. The summed E-state index contributed by atoms with van der Waals surface area (Å²) in [5.74, 6) is 2.04. The van der Waals surface area contributed by atoms with Gasteiger partial charge in [-0.2, -0.15) is 9.97 Å². The predicted octanol–water partition coefficient (Wildman–Crippen LogP) is 2.03. The second-order valence-corrected chi connectivity index (χ2v) is 6.55. The highest BCUT2D eigenvalue weighted by Gasteiger charge is 2.15. The molecular formula is C18H24N6O2. The van der Waals surface area contributed by atoms with Gasteiger partial charge < -0.3 is 25.5 Å². The average molecular weight is 356 g/mol. The number of methoxy groups -OCH3 is 1. The van der Waals surface area contributed by atoms with Crippen molar-refractivity contribution in [2.24, 2.45) is 5.92 Å². The van der Waals surface area contributed by atoms with Crippen molar-refractivity contribution in [2.75, 3.05) is 24.7 Å². The summed E-state index contributed by atoms with van der Waals surface area (Å²) in [6.45, 7) is 5.53. The zero-order valence-electron chi connectivity index (χ0n) is 15.2. The molecule has 0 saturated heterocycles. The van der Waals surface area contributed by atoms with Gasteiger partial charge in [0, 0.05) is 12.1 Å². The molecule has 0 aliphatic heterocycles. The number of nitrogens with one attached hydrogen (secondary N) is 1. The second kappa shape index (κ2) is 7.57. The van der Waals surface area contributed by atoms with Crippen molar-refractivity contribution in [2.45, 2.75) is 27.0 Å². The Morgan fingerprint density at radius 2 is 2.12 bits per heavy atom. The molecule has 0 radical (unpaired) electrons. The van der Waals surface area contributed by atoms with Crippen LogP contribution in [0.25, 0.3) is 11.2 Å². The van der Waals surface area contributed by atoms with Gasteiger partial charge in [0.1, 0.15) is 11.3 Å². The van der Waals surface area contributed by atoms with Crippen molar-refractivity contribution in [3.63, 3.8) is 0 Å². The molecule has 2 aromatic heterocycles. The van der Waals surface area contributed by atoms with Gasteiger partial charge in [-0.3, -0.25) is 0 Å². The average Bonchev–Trinajstić information content (AvgIpc) is 3.02. The molecule has 3 aromatic rings. The maximum absolute atomic E-state index is 9.31. The Labute approximate surface area is 152 Å². The van der Waals surface area contributed by atoms with E-state index in [0.717, 1.165) is 23.2 Å². The summed E-state index contributed by atoms with van der Waals surface area (Å²) < 4.78 is 7.43. The van der Waals surface area contributed by atoms with Gasteiger partial charge in [-0.15, -0.1) is 0 Å². The lowest BCUT2D eigenvalue weighted by Gasteiger charge is -2.14. The summed E-state index contributed by atoms with van der Waals surface area (Å²) in [5, 5.41) is 12.6. The van der Waals surface area contributed by atoms with E-state index in [1.807, 2.05) is 22.8 Å². The van der Waals surface area contributed by atoms with Gasteiger partial charge >= 0.3 is 0 Å². The van der Waals surface area contributed by atoms with Crippen molar-refractivity contribution in [1.29, 1.82) is 0 Å². The number of aromatic nitrogens is 4. The minimum atomic E-state index is -0.0268. The lowest BCUT2D eigenvalue weighted by atomic mass is 10.1. The molecule has 0 aliphatic carbocycles. The van der Waals surface area contributed by atoms with Crippen molar-refractivity contribution in [1.82, 2.24) is 19.5 Å². The molecule has 26 heavy (non-hydrogen) atoms.